The number of carboxylic acids is 1. The van der Waals surface area contributed by atoms with Crippen molar-refractivity contribution >= 4 is 50.9 Å². The number of nitrogens with zero attached hydrogens (tertiary/aromatic N) is 3. The Morgan fingerprint density at radius 3 is 2.03 bits per heavy atom. The predicted molar refractivity (Wildman–Crippen MR) is 140 cm³/mol. The number of fused-ring (bicyclic) bond motifs is 9. The number of aromatic nitrogens is 2. The average molecular weight is 506 g/mol. The highest BCUT2D eigenvalue weighted by molar-refractivity contribution is 6.53. The number of Topliss-reactive ketones (excluding diaryl/α,β-unsaturated/α-hetero) is 2. The molecule has 1 amide bonds. The van der Waals surface area contributed by atoms with Crippen molar-refractivity contribution in [1.82, 2.24) is 14.0 Å². The molecule has 188 valence electrons. The first-order valence-corrected chi connectivity index (χ1v) is 12.4. The standard InChI is InChI=1S/C30H23N3O5/c1-14-12-17-15-8-4-7-11-20(15)32(3)25(17)28(35)27(34)23-22(14)29(36)33-21(30(37)38)13-18-16-9-5-6-10-19(16)31(2)24(18)26(23)33/h4-11,21H,12-13H2,1-3H3,(H,37,38)/b22-14+/t21-/m0/s1. The third-order valence-corrected chi connectivity index (χ3v) is 8.32. The minimum atomic E-state index is -1.19. The molecule has 3 aliphatic rings. The molecule has 1 N–H and O–H groups in total. The van der Waals surface area contributed by atoms with Crippen LogP contribution >= 0.6 is 0 Å². The van der Waals surface area contributed by atoms with E-state index in [-0.39, 0.29) is 23.3 Å². The summed E-state index contributed by atoms with van der Waals surface area (Å²) in [5.74, 6) is -3.19. The molecule has 1 atom stereocenters. The lowest BCUT2D eigenvalue weighted by molar-refractivity contribution is -0.146. The van der Waals surface area contributed by atoms with Gasteiger partial charge in [0.25, 0.3) is 5.91 Å². The highest BCUT2D eigenvalue weighted by Crippen LogP contribution is 2.48. The first kappa shape index (κ1) is 22.5. The molecule has 8 nitrogen and oxygen atoms in total. The Bertz CT molecular complexity index is 1900. The molecule has 0 saturated carbocycles. The second-order valence-electron chi connectivity index (χ2n) is 10.3. The fourth-order valence-electron chi connectivity index (χ4n) is 6.69. The molecule has 1 aliphatic carbocycles. The first-order valence-electron chi connectivity index (χ1n) is 12.4. The second-order valence-corrected chi connectivity index (χ2v) is 10.3. The smallest absolute Gasteiger partial charge is 0.327 e. The Hall–Kier alpha value is -4.72. The van der Waals surface area contributed by atoms with Gasteiger partial charge in [-0.2, -0.15) is 0 Å². The Kier molecular flexibility index (Phi) is 4.38. The van der Waals surface area contributed by atoms with Gasteiger partial charge in [0.2, 0.25) is 11.6 Å². The van der Waals surface area contributed by atoms with E-state index in [1.807, 2.05) is 60.1 Å². The summed E-state index contributed by atoms with van der Waals surface area (Å²) in [6, 6.07) is 14.0. The van der Waals surface area contributed by atoms with E-state index in [9.17, 15) is 24.3 Å². The summed E-state index contributed by atoms with van der Waals surface area (Å²) in [7, 11) is 3.60. The van der Waals surface area contributed by atoms with E-state index in [2.05, 4.69) is 0 Å². The number of aliphatic carboxylic acids is 1. The van der Waals surface area contributed by atoms with Gasteiger partial charge < -0.3 is 14.2 Å². The van der Waals surface area contributed by atoms with Crippen LogP contribution in [0.2, 0.25) is 0 Å². The van der Waals surface area contributed by atoms with E-state index < -0.39 is 29.5 Å². The number of hydrogen-bond donors (Lipinski definition) is 1. The van der Waals surface area contributed by atoms with Gasteiger partial charge in [-0.3, -0.25) is 19.3 Å². The van der Waals surface area contributed by atoms with E-state index in [1.165, 1.54) is 4.90 Å². The number of aryl methyl sites for hydroxylation is 2. The molecule has 7 rings (SSSR count). The lowest BCUT2D eigenvalue weighted by atomic mass is 9.86. The fourth-order valence-corrected chi connectivity index (χ4v) is 6.69. The molecule has 4 aromatic rings. The molecule has 2 aliphatic heterocycles. The summed E-state index contributed by atoms with van der Waals surface area (Å²) in [4.78, 5) is 55.8. The number of carboxylic acid groups (broad SMARTS) is 1. The van der Waals surface area contributed by atoms with Crippen LogP contribution in [0.4, 0.5) is 0 Å². The van der Waals surface area contributed by atoms with Crippen molar-refractivity contribution in [2.75, 3.05) is 0 Å². The van der Waals surface area contributed by atoms with Crippen LogP contribution in [0.1, 0.15) is 34.2 Å². The summed E-state index contributed by atoms with van der Waals surface area (Å²) >= 11 is 0. The predicted octanol–water partition coefficient (Wildman–Crippen LogP) is 3.56. The van der Waals surface area contributed by atoms with E-state index in [4.69, 9.17) is 0 Å². The molecule has 0 fully saturated rings. The van der Waals surface area contributed by atoms with Crippen molar-refractivity contribution in [3.8, 4) is 0 Å². The number of carbonyl (C=O) groups is 4. The van der Waals surface area contributed by atoms with Crippen LogP contribution in [0.5, 0.6) is 0 Å². The summed E-state index contributed by atoms with van der Waals surface area (Å²) in [6.45, 7) is 1.79. The lowest BCUT2D eigenvalue weighted by Crippen LogP contribution is -2.46. The largest absolute Gasteiger partial charge is 0.480 e. The minimum Gasteiger partial charge on any atom is -0.480 e. The maximum Gasteiger partial charge on any atom is 0.327 e. The molecule has 0 spiro atoms. The molecule has 38 heavy (non-hydrogen) atoms. The van der Waals surface area contributed by atoms with Gasteiger partial charge in [-0.25, -0.2) is 4.79 Å². The highest BCUT2D eigenvalue weighted by Gasteiger charge is 2.51. The van der Waals surface area contributed by atoms with Gasteiger partial charge in [-0.05, 0) is 36.6 Å². The number of benzene rings is 2. The van der Waals surface area contributed by atoms with Crippen LogP contribution in [0, 0.1) is 0 Å². The van der Waals surface area contributed by atoms with Crippen LogP contribution in [-0.4, -0.2) is 48.6 Å². The zero-order chi connectivity index (χ0) is 26.6. The lowest BCUT2D eigenvalue weighted by Gasteiger charge is -2.32. The molecule has 0 unspecified atom stereocenters. The number of para-hydroxylation sites is 2. The minimum absolute atomic E-state index is 0.00603. The van der Waals surface area contributed by atoms with E-state index in [1.54, 1.807) is 18.5 Å². The van der Waals surface area contributed by atoms with Gasteiger partial charge in [-0.1, -0.05) is 42.0 Å². The maximum atomic E-state index is 14.1. The molecular weight excluding hydrogens is 482 g/mol. The summed E-state index contributed by atoms with van der Waals surface area (Å²) in [5, 5.41) is 11.9. The SMILES string of the molecule is C/C1=C2\C(=O)N3C(=C2C(=O)C(=O)c2c(c4ccccc4n2C)C1)c1c(c2ccccc2n1C)C[C@H]3C(=O)O. The second kappa shape index (κ2) is 7.41. The topological polar surface area (TPSA) is 102 Å². The summed E-state index contributed by atoms with van der Waals surface area (Å²) < 4.78 is 3.63. The summed E-state index contributed by atoms with van der Waals surface area (Å²) in [5.41, 5.74) is 5.06. The summed E-state index contributed by atoms with van der Waals surface area (Å²) in [6.07, 6.45) is 0.398. The third kappa shape index (κ3) is 2.59. The number of ketones is 2. The molecule has 8 heteroatoms. The van der Waals surface area contributed by atoms with Gasteiger partial charge in [0.05, 0.1) is 28.2 Å². The number of rotatable bonds is 1. The van der Waals surface area contributed by atoms with Crippen LogP contribution in [0.25, 0.3) is 27.5 Å². The van der Waals surface area contributed by atoms with Crippen molar-refractivity contribution < 1.29 is 24.3 Å². The van der Waals surface area contributed by atoms with Gasteiger partial charge in [0, 0.05) is 42.3 Å². The monoisotopic (exact) mass is 505 g/mol. The van der Waals surface area contributed by atoms with Gasteiger partial charge in [-0.15, -0.1) is 0 Å². The van der Waals surface area contributed by atoms with Crippen LogP contribution < -0.4 is 0 Å². The third-order valence-electron chi connectivity index (χ3n) is 8.32. The molecule has 0 radical (unpaired) electrons. The van der Waals surface area contributed by atoms with Crippen molar-refractivity contribution in [3.63, 3.8) is 0 Å². The molecule has 0 bridgehead atoms. The van der Waals surface area contributed by atoms with Crippen LogP contribution in [0.15, 0.2) is 65.3 Å². The van der Waals surface area contributed by atoms with Crippen LogP contribution in [0.3, 0.4) is 0 Å². The Morgan fingerprint density at radius 2 is 1.39 bits per heavy atom. The molecular formula is C30H23N3O5. The normalized spacial score (nSPS) is 21.0. The zero-order valence-electron chi connectivity index (χ0n) is 21.0. The van der Waals surface area contributed by atoms with Crippen molar-refractivity contribution in [3.05, 3.63) is 87.8 Å². The number of allylic oxidation sites excluding steroid dienone is 1. The number of carbonyl (C=O) groups excluding carboxylic acids is 3. The van der Waals surface area contributed by atoms with Crippen molar-refractivity contribution in [2.24, 2.45) is 14.1 Å². The average Bonchev–Trinajstić information content (AvgIpc) is 3.48. The van der Waals surface area contributed by atoms with Gasteiger partial charge in [0.15, 0.2) is 0 Å². The Labute approximate surface area is 217 Å². The Morgan fingerprint density at radius 1 is 0.816 bits per heavy atom. The quantitative estimate of drug-likeness (QED) is 0.399. The van der Waals surface area contributed by atoms with Gasteiger partial charge >= 0.3 is 5.97 Å². The maximum absolute atomic E-state index is 14.1. The number of hydrogen-bond acceptors (Lipinski definition) is 4. The molecule has 2 aromatic carbocycles. The van der Waals surface area contributed by atoms with Crippen molar-refractivity contribution in [2.45, 2.75) is 25.8 Å². The van der Waals surface area contributed by atoms with E-state index in [0.717, 1.165) is 27.4 Å². The van der Waals surface area contributed by atoms with E-state index >= 15 is 0 Å². The Balaban J connectivity index is 1.60. The van der Waals surface area contributed by atoms with Crippen LogP contribution in [-0.2, 0) is 41.3 Å². The zero-order valence-corrected chi connectivity index (χ0v) is 21.0. The van der Waals surface area contributed by atoms with Crippen molar-refractivity contribution in [1.29, 1.82) is 0 Å². The highest BCUT2D eigenvalue weighted by atomic mass is 16.4. The first-order chi connectivity index (χ1) is 18.2. The molecule has 4 heterocycles. The fraction of sp³-hybridized carbons (Fsp3) is 0.200. The van der Waals surface area contributed by atoms with E-state index in [0.29, 0.717) is 28.9 Å². The molecule has 0 saturated heterocycles. The van der Waals surface area contributed by atoms with Gasteiger partial charge in [0.1, 0.15) is 6.04 Å². The number of amides is 1. The molecule has 2 aromatic heterocycles.